The molecule has 0 aliphatic carbocycles. The summed E-state index contributed by atoms with van der Waals surface area (Å²) in [5.74, 6) is 0. The maximum atomic E-state index is 13.0. The Balaban J connectivity index is 2.46. The molecular weight excluding hydrogens is 239 g/mol. The SMILES string of the molecule is CC(C)(CC[C@H]1OC[C@@H](F)C[C@@H]1O)[Si](C)(C)O. The number of aliphatic hydroxyl groups excluding tert-OH is 1. The highest BCUT2D eigenvalue weighted by Crippen LogP contribution is 2.41. The van der Waals surface area contributed by atoms with Crippen molar-refractivity contribution in [1.29, 1.82) is 0 Å². The summed E-state index contributed by atoms with van der Waals surface area (Å²) in [6, 6.07) is 0. The minimum Gasteiger partial charge on any atom is -0.432 e. The molecule has 1 fully saturated rings. The molecule has 1 heterocycles. The lowest BCUT2D eigenvalue weighted by atomic mass is 9.96. The third-order valence-electron chi connectivity index (χ3n) is 4.13. The number of aliphatic hydroxyl groups is 1. The van der Waals surface area contributed by atoms with Gasteiger partial charge >= 0.3 is 0 Å². The maximum absolute atomic E-state index is 13.0. The molecular formula is C12H25FO3Si. The molecule has 1 saturated heterocycles. The first-order valence-electron chi connectivity index (χ1n) is 6.29. The van der Waals surface area contributed by atoms with E-state index in [0.29, 0.717) is 6.42 Å². The van der Waals surface area contributed by atoms with Crippen molar-refractivity contribution in [3.05, 3.63) is 0 Å². The van der Waals surface area contributed by atoms with Crippen LogP contribution in [0.2, 0.25) is 18.1 Å². The summed E-state index contributed by atoms with van der Waals surface area (Å²) in [5.41, 5.74) is 0. The molecule has 1 aliphatic rings. The van der Waals surface area contributed by atoms with Gasteiger partial charge in [0.15, 0.2) is 8.32 Å². The van der Waals surface area contributed by atoms with Crippen molar-refractivity contribution in [3.8, 4) is 0 Å². The lowest BCUT2D eigenvalue weighted by Crippen LogP contribution is -2.42. The van der Waals surface area contributed by atoms with Gasteiger partial charge in [0.2, 0.25) is 0 Å². The molecule has 0 bridgehead atoms. The maximum Gasteiger partial charge on any atom is 0.188 e. The Morgan fingerprint density at radius 3 is 2.47 bits per heavy atom. The average Bonchev–Trinajstić information content (AvgIpc) is 2.14. The van der Waals surface area contributed by atoms with Crippen molar-refractivity contribution in [3.63, 3.8) is 0 Å². The summed E-state index contributed by atoms with van der Waals surface area (Å²) in [7, 11) is -2.22. The monoisotopic (exact) mass is 264 g/mol. The van der Waals surface area contributed by atoms with Crippen molar-refractivity contribution in [1.82, 2.24) is 0 Å². The number of hydrogen-bond donors (Lipinski definition) is 2. The zero-order chi connectivity index (χ0) is 13.3. The van der Waals surface area contributed by atoms with Crippen LogP contribution in [0, 0.1) is 0 Å². The van der Waals surface area contributed by atoms with Gasteiger partial charge < -0.3 is 14.6 Å². The second-order valence-corrected chi connectivity index (χ2v) is 10.7. The van der Waals surface area contributed by atoms with Gasteiger partial charge in [-0.15, -0.1) is 0 Å². The summed E-state index contributed by atoms with van der Waals surface area (Å²) >= 11 is 0. The van der Waals surface area contributed by atoms with E-state index in [9.17, 15) is 14.3 Å². The van der Waals surface area contributed by atoms with E-state index in [2.05, 4.69) is 0 Å². The van der Waals surface area contributed by atoms with Crippen LogP contribution in [0.1, 0.15) is 33.1 Å². The molecule has 17 heavy (non-hydrogen) atoms. The van der Waals surface area contributed by atoms with Crippen LogP contribution in [0.4, 0.5) is 4.39 Å². The van der Waals surface area contributed by atoms with E-state index in [-0.39, 0.29) is 24.2 Å². The Kier molecular flexibility index (Phi) is 4.74. The van der Waals surface area contributed by atoms with E-state index >= 15 is 0 Å². The van der Waals surface area contributed by atoms with E-state index in [1.54, 1.807) is 0 Å². The molecule has 1 rings (SSSR count). The van der Waals surface area contributed by atoms with Gasteiger partial charge in [0.1, 0.15) is 6.17 Å². The molecule has 5 heteroatoms. The van der Waals surface area contributed by atoms with Crippen LogP contribution in [0.15, 0.2) is 0 Å². The zero-order valence-electron chi connectivity index (χ0n) is 11.2. The molecule has 2 N–H and O–H groups in total. The highest BCUT2D eigenvalue weighted by atomic mass is 28.4. The van der Waals surface area contributed by atoms with Crippen LogP contribution in [-0.2, 0) is 4.74 Å². The molecule has 1 aliphatic heterocycles. The van der Waals surface area contributed by atoms with Crippen molar-refractivity contribution in [2.45, 2.75) is 69.6 Å². The van der Waals surface area contributed by atoms with E-state index < -0.39 is 20.6 Å². The number of ether oxygens (including phenoxy) is 1. The Labute approximate surface area is 104 Å². The quantitative estimate of drug-likeness (QED) is 0.766. The highest BCUT2D eigenvalue weighted by molar-refractivity contribution is 6.72. The van der Waals surface area contributed by atoms with Crippen molar-refractivity contribution < 1.29 is 19.0 Å². The van der Waals surface area contributed by atoms with Gasteiger partial charge in [-0.3, -0.25) is 0 Å². The Bertz CT molecular complexity index is 253. The smallest absolute Gasteiger partial charge is 0.188 e. The Morgan fingerprint density at radius 1 is 1.41 bits per heavy atom. The lowest BCUT2D eigenvalue weighted by Gasteiger charge is -2.37. The minimum absolute atomic E-state index is 0.0854. The molecule has 0 saturated carbocycles. The third kappa shape index (κ3) is 4.01. The minimum atomic E-state index is -2.22. The fourth-order valence-electron chi connectivity index (χ4n) is 1.91. The van der Waals surface area contributed by atoms with Crippen molar-refractivity contribution in [2.75, 3.05) is 6.61 Å². The van der Waals surface area contributed by atoms with Crippen LogP contribution < -0.4 is 0 Å². The van der Waals surface area contributed by atoms with Crippen molar-refractivity contribution in [2.24, 2.45) is 0 Å². The number of halogens is 1. The topological polar surface area (TPSA) is 49.7 Å². The summed E-state index contributed by atoms with van der Waals surface area (Å²) in [6.45, 7) is 8.02. The standard InChI is InChI=1S/C12H25FO3Si/c1-12(2,17(3,4)15)6-5-11-10(14)7-9(13)8-16-11/h9-11,14-15H,5-8H2,1-4H3/t9-,10-,11+/m0/s1. The molecule has 0 spiro atoms. The molecule has 102 valence electrons. The normalized spacial score (nSPS) is 31.6. The second kappa shape index (κ2) is 5.34. The van der Waals surface area contributed by atoms with Crippen LogP contribution in [0.5, 0.6) is 0 Å². The Morgan fingerprint density at radius 2 is 2.00 bits per heavy atom. The van der Waals surface area contributed by atoms with Gasteiger partial charge in [0.05, 0.1) is 18.8 Å². The second-order valence-electron chi connectivity index (χ2n) is 6.25. The number of rotatable bonds is 4. The van der Waals surface area contributed by atoms with Gasteiger partial charge in [-0.1, -0.05) is 13.8 Å². The molecule has 0 aromatic heterocycles. The number of alkyl halides is 1. The first kappa shape index (κ1) is 15.1. The predicted molar refractivity (Wildman–Crippen MR) is 68.2 cm³/mol. The molecule has 0 unspecified atom stereocenters. The summed E-state index contributed by atoms with van der Waals surface area (Å²) in [5, 5.41) is 9.60. The highest BCUT2D eigenvalue weighted by Gasteiger charge is 2.39. The molecule has 0 radical (unpaired) electrons. The number of hydrogen-bond acceptors (Lipinski definition) is 3. The van der Waals surface area contributed by atoms with Crippen molar-refractivity contribution >= 4 is 8.32 Å². The Hall–Kier alpha value is 0.0269. The zero-order valence-corrected chi connectivity index (χ0v) is 12.2. The van der Waals surface area contributed by atoms with Gasteiger partial charge in [-0.2, -0.15) is 0 Å². The molecule has 3 nitrogen and oxygen atoms in total. The summed E-state index contributed by atoms with van der Waals surface area (Å²) in [6.07, 6.45) is -0.391. The fraction of sp³-hybridized carbons (Fsp3) is 1.00. The van der Waals surface area contributed by atoms with Crippen LogP contribution in [0.25, 0.3) is 0 Å². The molecule has 0 aromatic rings. The molecule has 3 atom stereocenters. The van der Waals surface area contributed by atoms with Crippen LogP contribution in [-0.4, -0.2) is 43.2 Å². The van der Waals surface area contributed by atoms with Gasteiger partial charge in [0, 0.05) is 6.42 Å². The summed E-state index contributed by atoms with van der Waals surface area (Å²) < 4.78 is 18.3. The van der Waals surface area contributed by atoms with Gasteiger partial charge in [0.25, 0.3) is 0 Å². The van der Waals surface area contributed by atoms with E-state index in [4.69, 9.17) is 4.74 Å². The van der Waals surface area contributed by atoms with Gasteiger partial charge in [-0.25, -0.2) is 4.39 Å². The van der Waals surface area contributed by atoms with Crippen LogP contribution >= 0.6 is 0 Å². The summed E-state index contributed by atoms with van der Waals surface area (Å²) in [4.78, 5) is 10.2. The first-order chi connectivity index (χ1) is 7.63. The van der Waals surface area contributed by atoms with E-state index in [1.807, 2.05) is 26.9 Å². The third-order valence-corrected chi connectivity index (χ3v) is 7.69. The van der Waals surface area contributed by atoms with E-state index in [0.717, 1.165) is 6.42 Å². The predicted octanol–water partition coefficient (Wildman–Crippen LogP) is 2.23. The largest absolute Gasteiger partial charge is 0.432 e. The van der Waals surface area contributed by atoms with Crippen LogP contribution in [0.3, 0.4) is 0 Å². The molecule has 0 amide bonds. The fourth-order valence-corrected chi connectivity index (χ4v) is 2.66. The van der Waals surface area contributed by atoms with E-state index in [1.165, 1.54) is 0 Å². The first-order valence-corrected chi connectivity index (χ1v) is 9.24. The average molecular weight is 264 g/mol. The molecule has 0 aromatic carbocycles. The lowest BCUT2D eigenvalue weighted by molar-refractivity contribution is -0.107. The van der Waals surface area contributed by atoms with Gasteiger partial charge in [-0.05, 0) is 31.0 Å².